The quantitative estimate of drug-likeness (QED) is 0.589. The molecule has 184 valence electrons. The lowest BCUT2D eigenvalue weighted by Gasteiger charge is -2.34. The average molecular weight is 477 g/mol. The molecule has 5 rings (SSSR count). The zero-order chi connectivity index (χ0) is 24.6. The van der Waals surface area contributed by atoms with E-state index in [9.17, 15) is 19.5 Å². The van der Waals surface area contributed by atoms with Crippen LogP contribution in [0.2, 0.25) is 0 Å². The lowest BCUT2D eigenvalue weighted by molar-refractivity contribution is -0.155. The summed E-state index contributed by atoms with van der Waals surface area (Å²) < 4.78 is 5.57. The summed E-state index contributed by atoms with van der Waals surface area (Å²) in [4.78, 5) is 38.6. The van der Waals surface area contributed by atoms with Crippen LogP contribution in [-0.4, -0.2) is 53.2 Å². The summed E-state index contributed by atoms with van der Waals surface area (Å²) in [6, 6.07) is 16.4. The number of fused-ring (bicyclic) bond motifs is 4. The number of hydrogen-bond acceptors (Lipinski definition) is 4. The number of benzene rings is 2. The molecule has 1 saturated carbocycles. The summed E-state index contributed by atoms with van der Waals surface area (Å²) in [5.41, 5.74) is 3.75. The van der Waals surface area contributed by atoms with E-state index >= 15 is 0 Å². The van der Waals surface area contributed by atoms with E-state index in [1.165, 1.54) is 22.3 Å². The van der Waals surface area contributed by atoms with E-state index in [1.807, 2.05) is 31.2 Å². The first-order valence-corrected chi connectivity index (χ1v) is 12.5. The Bertz CT molecular complexity index is 1100. The average Bonchev–Trinajstić information content (AvgIpc) is 3.53. The maximum absolute atomic E-state index is 12.9. The first kappa shape index (κ1) is 23.4. The third kappa shape index (κ3) is 4.28. The van der Waals surface area contributed by atoms with Gasteiger partial charge in [0, 0.05) is 25.4 Å². The van der Waals surface area contributed by atoms with Gasteiger partial charge in [-0.25, -0.2) is 9.59 Å². The number of aliphatic carboxylic acids is 1. The largest absolute Gasteiger partial charge is 0.479 e. The molecule has 0 aromatic heterocycles. The van der Waals surface area contributed by atoms with Crippen molar-refractivity contribution in [1.29, 1.82) is 0 Å². The van der Waals surface area contributed by atoms with Crippen LogP contribution in [-0.2, 0) is 14.3 Å². The van der Waals surface area contributed by atoms with Crippen LogP contribution >= 0.6 is 0 Å². The minimum absolute atomic E-state index is 0.0158. The van der Waals surface area contributed by atoms with E-state index in [-0.39, 0.29) is 36.7 Å². The number of likely N-dealkylation sites (tertiary alicyclic amines) is 1. The minimum Gasteiger partial charge on any atom is -0.479 e. The standard InChI is InChI=1S/C28H32N2O5/c1-18(15-25(31)30-14-6-7-19-16-28(19,30)26(32)33)12-13-29-27(34)35-17-24-22-10-4-2-8-20(22)21-9-3-5-11-23(21)24/h2-5,8-11,18-19,24H,6-7,12-17H2,1H3,(H,29,34)(H,32,33)/t18?,19-,28+/m1/s1. The molecular formula is C28H32N2O5. The molecule has 1 heterocycles. The van der Waals surface area contributed by atoms with Gasteiger partial charge in [0.15, 0.2) is 0 Å². The Labute approximate surface area is 205 Å². The molecule has 3 atom stereocenters. The molecule has 0 radical (unpaired) electrons. The van der Waals surface area contributed by atoms with Crippen molar-refractivity contribution in [3.8, 4) is 11.1 Å². The van der Waals surface area contributed by atoms with Crippen molar-refractivity contribution in [1.82, 2.24) is 10.2 Å². The Morgan fingerprint density at radius 3 is 2.43 bits per heavy atom. The van der Waals surface area contributed by atoms with Crippen LogP contribution in [0.25, 0.3) is 11.1 Å². The second-order valence-electron chi connectivity index (χ2n) is 10.2. The summed E-state index contributed by atoms with van der Waals surface area (Å²) in [6.07, 6.45) is 2.76. The highest BCUT2D eigenvalue weighted by Gasteiger charge is 2.66. The highest BCUT2D eigenvalue weighted by atomic mass is 16.5. The number of nitrogens with zero attached hydrogens (tertiary/aromatic N) is 1. The highest BCUT2D eigenvalue weighted by molar-refractivity contribution is 5.90. The predicted octanol–water partition coefficient (Wildman–Crippen LogP) is 4.41. The third-order valence-electron chi connectivity index (χ3n) is 7.93. The van der Waals surface area contributed by atoms with E-state index < -0.39 is 17.6 Å². The monoisotopic (exact) mass is 476 g/mol. The Hall–Kier alpha value is -3.35. The van der Waals surface area contributed by atoms with Gasteiger partial charge in [0.1, 0.15) is 12.1 Å². The number of rotatable bonds is 8. The van der Waals surface area contributed by atoms with Crippen LogP contribution in [0.5, 0.6) is 0 Å². The van der Waals surface area contributed by atoms with Gasteiger partial charge in [-0.1, -0.05) is 55.5 Å². The number of carbonyl (C=O) groups excluding carboxylic acids is 2. The number of carbonyl (C=O) groups is 3. The first-order chi connectivity index (χ1) is 16.9. The fraction of sp³-hybridized carbons (Fsp3) is 0.464. The number of amides is 2. The zero-order valence-electron chi connectivity index (χ0n) is 20.0. The molecule has 2 amide bonds. The molecule has 2 aliphatic carbocycles. The molecule has 0 bridgehead atoms. The van der Waals surface area contributed by atoms with Crippen molar-refractivity contribution < 1.29 is 24.2 Å². The molecule has 2 fully saturated rings. The van der Waals surface area contributed by atoms with Crippen molar-refractivity contribution in [2.75, 3.05) is 19.7 Å². The van der Waals surface area contributed by atoms with Gasteiger partial charge in [-0.15, -0.1) is 0 Å². The third-order valence-corrected chi connectivity index (χ3v) is 7.93. The second-order valence-corrected chi connectivity index (χ2v) is 10.2. The van der Waals surface area contributed by atoms with Crippen LogP contribution < -0.4 is 5.32 Å². The van der Waals surface area contributed by atoms with E-state index in [4.69, 9.17) is 4.74 Å². The lowest BCUT2D eigenvalue weighted by Crippen LogP contribution is -2.51. The fourth-order valence-corrected chi connectivity index (χ4v) is 5.99. The smallest absolute Gasteiger partial charge is 0.407 e. The number of alkyl carbamates (subject to hydrolysis) is 1. The van der Waals surface area contributed by atoms with Gasteiger partial charge in [0.2, 0.25) is 5.91 Å². The fourth-order valence-electron chi connectivity index (χ4n) is 5.99. The van der Waals surface area contributed by atoms with Crippen molar-refractivity contribution in [3.63, 3.8) is 0 Å². The molecule has 3 aliphatic rings. The molecule has 7 nitrogen and oxygen atoms in total. The van der Waals surface area contributed by atoms with Gasteiger partial charge < -0.3 is 20.1 Å². The van der Waals surface area contributed by atoms with Crippen LogP contribution in [0, 0.1) is 11.8 Å². The van der Waals surface area contributed by atoms with E-state index in [1.54, 1.807) is 4.90 Å². The Morgan fingerprint density at radius 1 is 1.11 bits per heavy atom. The van der Waals surface area contributed by atoms with Gasteiger partial charge >= 0.3 is 12.1 Å². The van der Waals surface area contributed by atoms with Gasteiger partial charge in [-0.3, -0.25) is 4.79 Å². The van der Waals surface area contributed by atoms with Crippen LogP contribution in [0.3, 0.4) is 0 Å². The molecule has 2 aromatic rings. The molecule has 1 saturated heterocycles. The molecule has 35 heavy (non-hydrogen) atoms. The van der Waals surface area contributed by atoms with Gasteiger partial charge in [-0.2, -0.15) is 0 Å². The van der Waals surface area contributed by atoms with Gasteiger partial charge in [0.05, 0.1) is 0 Å². The zero-order valence-corrected chi connectivity index (χ0v) is 20.0. The van der Waals surface area contributed by atoms with Crippen LogP contribution in [0.4, 0.5) is 4.79 Å². The van der Waals surface area contributed by atoms with E-state index in [0.717, 1.165) is 12.8 Å². The first-order valence-electron chi connectivity index (χ1n) is 12.5. The molecule has 2 aromatic carbocycles. The summed E-state index contributed by atoms with van der Waals surface area (Å²) in [5, 5.41) is 12.5. The van der Waals surface area contributed by atoms with Crippen molar-refractivity contribution in [3.05, 3.63) is 59.7 Å². The molecule has 2 N–H and O–H groups in total. The minimum atomic E-state index is -0.964. The molecule has 0 spiro atoms. The van der Waals surface area contributed by atoms with Crippen LogP contribution in [0.1, 0.15) is 56.1 Å². The number of nitrogens with one attached hydrogen (secondary N) is 1. The van der Waals surface area contributed by atoms with Gasteiger partial charge in [-0.05, 0) is 59.8 Å². The SMILES string of the molecule is CC(CCNC(=O)OCC1c2ccccc2-c2ccccc21)CC(=O)N1CCC[C@@H]2C[C@@]21C(=O)O. The topological polar surface area (TPSA) is 95.9 Å². The van der Waals surface area contributed by atoms with Crippen molar-refractivity contribution in [2.24, 2.45) is 11.8 Å². The number of ether oxygens (including phenoxy) is 1. The summed E-state index contributed by atoms with van der Waals surface area (Å²) in [6.45, 7) is 3.14. The number of hydrogen-bond donors (Lipinski definition) is 2. The van der Waals surface area contributed by atoms with Crippen LogP contribution in [0.15, 0.2) is 48.5 Å². The number of piperidine rings is 1. The Kier molecular flexibility index (Phi) is 6.26. The summed E-state index contributed by atoms with van der Waals surface area (Å²) in [5.74, 6) is -0.824. The van der Waals surface area contributed by atoms with E-state index in [2.05, 4.69) is 29.6 Å². The summed E-state index contributed by atoms with van der Waals surface area (Å²) >= 11 is 0. The second kappa shape index (κ2) is 9.36. The lowest BCUT2D eigenvalue weighted by atomic mass is 9.98. The molecular weight excluding hydrogens is 444 g/mol. The maximum Gasteiger partial charge on any atom is 0.407 e. The van der Waals surface area contributed by atoms with Crippen molar-refractivity contribution in [2.45, 2.75) is 50.5 Å². The predicted molar refractivity (Wildman–Crippen MR) is 131 cm³/mol. The normalized spacial score (nSPS) is 23.0. The Balaban J connectivity index is 1.08. The van der Waals surface area contributed by atoms with E-state index in [0.29, 0.717) is 25.9 Å². The maximum atomic E-state index is 12.9. The molecule has 1 unspecified atom stereocenters. The Morgan fingerprint density at radius 2 is 1.77 bits per heavy atom. The number of carboxylic acid groups (broad SMARTS) is 1. The van der Waals surface area contributed by atoms with Crippen molar-refractivity contribution >= 4 is 18.0 Å². The van der Waals surface area contributed by atoms with Gasteiger partial charge in [0.25, 0.3) is 0 Å². The summed E-state index contributed by atoms with van der Waals surface area (Å²) in [7, 11) is 0. The molecule has 1 aliphatic heterocycles. The molecule has 7 heteroatoms. The highest BCUT2D eigenvalue weighted by Crippen LogP contribution is 2.54. The number of carboxylic acids is 1.